The second kappa shape index (κ2) is 5.48. The first-order chi connectivity index (χ1) is 10.6. The standard InChI is InChI=1S/C16H17N5O/c1-10-6-11(2)21(20-10)15-7-12(22-3)4-5-13(15)14-8-18-9-16(17)19-14/h4-9H,1-3H3,(H2,17,19). The first-order valence-corrected chi connectivity index (χ1v) is 6.88. The number of benzene rings is 1. The van der Waals surface area contributed by atoms with E-state index in [-0.39, 0.29) is 0 Å². The van der Waals surface area contributed by atoms with E-state index in [0.29, 0.717) is 11.5 Å². The summed E-state index contributed by atoms with van der Waals surface area (Å²) in [5.41, 5.74) is 10.2. The monoisotopic (exact) mass is 295 g/mol. The van der Waals surface area contributed by atoms with E-state index in [4.69, 9.17) is 10.5 Å². The summed E-state index contributed by atoms with van der Waals surface area (Å²) in [4.78, 5) is 8.47. The molecule has 3 rings (SSSR count). The third-order valence-electron chi connectivity index (χ3n) is 3.37. The van der Waals surface area contributed by atoms with Crippen LogP contribution >= 0.6 is 0 Å². The molecule has 0 aliphatic carbocycles. The van der Waals surface area contributed by atoms with Gasteiger partial charge in [0.1, 0.15) is 11.6 Å². The van der Waals surface area contributed by atoms with E-state index in [9.17, 15) is 0 Å². The molecule has 6 heteroatoms. The summed E-state index contributed by atoms with van der Waals surface area (Å²) in [6.45, 7) is 3.97. The topological polar surface area (TPSA) is 78.9 Å². The van der Waals surface area contributed by atoms with Crippen LogP contribution in [0.25, 0.3) is 16.9 Å². The largest absolute Gasteiger partial charge is 0.497 e. The van der Waals surface area contributed by atoms with Gasteiger partial charge in [-0.1, -0.05) is 0 Å². The third kappa shape index (κ3) is 2.50. The molecule has 0 unspecified atom stereocenters. The SMILES string of the molecule is COc1ccc(-c2cncc(N)n2)c(-n2nc(C)cc2C)c1. The van der Waals surface area contributed by atoms with Crippen LogP contribution in [-0.2, 0) is 0 Å². The summed E-state index contributed by atoms with van der Waals surface area (Å²) in [7, 11) is 1.64. The van der Waals surface area contributed by atoms with Gasteiger partial charge in [-0.2, -0.15) is 5.10 Å². The van der Waals surface area contributed by atoms with Gasteiger partial charge in [-0.3, -0.25) is 4.98 Å². The lowest BCUT2D eigenvalue weighted by Crippen LogP contribution is -2.03. The lowest BCUT2D eigenvalue weighted by molar-refractivity contribution is 0.414. The van der Waals surface area contributed by atoms with E-state index in [0.717, 1.165) is 28.4 Å². The molecule has 0 amide bonds. The van der Waals surface area contributed by atoms with Gasteiger partial charge < -0.3 is 10.5 Å². The minimum Gasteiger partial charge on any atom is -0.497 e. The molecule has 0 atom stereocenters. The van der Waals surface area contributed by atoms with Crippen molar-refractivity contribution in [3.8, 4) is 22.7 Å². The first-order valence-electron chi connectivity index (χ1n) is 6.88. The van der Waals surface area contributed by atoms with Gasteiger partial charge in [0.2, 0.25) is 0 Å². The molecule has 0 spiro atoms. The van der Waals surface area contributed by atoms with E-state index >= 15 is 0 Å². The summed E-state index contributed by atoms with van der Waals surface area (Å²) >= 11 is 0. The van der Waals surface area contributed by atoms with Gasteiger partial charge in [-0.05, 0) is 32.0 Å². The number of hydrogen-bond donors (Lipinski definition) is 1. The van der Waals surface area contributed by atoms with E-state index < -0.39 is 0 Å². The second-order valence-corrected chi connectivity index (χ2v) is 5.05. The van der Waals surface area contributed by atoms with Crippen molar-refractivity contribution in [1.29, 1.82) is 0 Å². The summed E-state index contributed by atoms with van der Waals surface area (Å²) < 4.78 is 7.21. The van der Waals surface area contributed by atoms with Gasteiger partial charge in [-0.15, -0.1) is 0 Å². The Morgan fingerprint density at radius 1 is 1.14 bits per heavy atom. The zero-order chi connectivity index (χ0) is 15.7. The number of ether oxygens (including phenoxy) is 1. The maximum Gasteiger partial charge on any atom is 0.142 e. The molecule has 2 N–H and O–H groups in total. The highest BCUT2D eigenvalue weighted by molar-refractivity contribution is 5.71. The van der Waals surface area contributed by atoms with Crippen molar-refractivity contribution >= 4 is 5.82 Å². The Bertz CT molecular complexity index is 825. The van der Waals surface area contributed by atoms with Crippen LogP contribution in [0.1, 0.15) is 11.4 Å². The summed E-state index contributed by atoms with van der Waals surface area (Å²) in [6, 6.07) is 7.78. The highest BCUT2D eigenvalue weighted by Gasteiger charge is 2.13. The average molecular weight is 295 g/mol. The summed E-state index contributed by atoms with van der Waals surface area (Å²) in [5.74, 6) is 1.14. The van der Waals surface area contributed by atoms with Crippen LogP contribution in [0.5, 0.6) is 5.75 Å². The van der Waals surface area contributed by atoms with Crippen molar-refractivity contribution in [3.05, 3.63) is 48.0 Å². The Hall–Kier alpha value is -2.89. The van der Waals surface area contributed by atoms with E-state index in [2.05, 4.69) is 15.1 Å². The number of aryl methyl sites for hydroxylation is 2. The van der Waals surface area contributed by atoms with Crippen molar-refractivity contribution in [2.24, 2.45) is 0 Å². The number of hydrogen-bond acceptors (Lipinski definition) is 5. The highest BCUT2D eigenvalue weighted by Crippen LogP contribution is 2.29. The van der Waals surface area contributed by atoms with Crippen molar-refractivity contribution in [2.75, 3.05) is 12.8 Å². The molecule has 1 aromatic carbocycles. The molecular formula is C16H17N5O. The maximum absolute atomic E-state index is 5.75. The fourth-order valence-corrected chi connectivity index (χ4v) is 2.41. The predicted molar refractivity (Wildman–Crippen MR) is 85.0 cm³/mol. The summed E-state index contributed by atoms with van der Waals surface area (Å²) in [6.07, 6.45) is 3.21. The lowest BCUT2D eigenvalue weighted by atomic mass is 10.1. The van der Waals surface area contributed by atoms with Gasteiger partial charge in [0.25, 0.3) is 0 Å². The Labute approximate surface area is 128 Å². The molecule has 112 valence electrons. The molecule has 0 fully saturated rings. The van der Waals surface area contributed by atoms with E-state index in [1.807, 2.05) is 42.8 Å². The molecule has 0 saturated heterocycles. The summed E-state index contributed by atoms with van der Waals surface area (Å²) in [5, 5.41) is 4.55. The highest BCUT2D eigenvalue weighted by atomic mass is 16.5. The van der Waals surface area contributed by atoms with Crippen molar-refractivity contribution in [2.45, 2.75) is 13.8 Å². The Morgan fingerprint density at radius 2 is 1.95 bits per heavy atom. The number of nitrogens with zero attached hydrogens (tertiary/aromatic N) is 4. The molecule has 0 aliphatic heterocycles. The van der Waals surface area contributed by atoms with Gasteiger partial charge in [0.15, 0.2) is 0 Å². The number of aromatic nitrogens is 4. The molecule has 0 bridgehead atoms. The van der Waals surface area contributed by atoms with Gasteiger partial charge in [-0.25, -0.2) is 9.67 Å². The second-order valence-electron chi connectivity index (χ2n) is 5.05. The van der Waals surface area contributed by atoms with Crippen LogP contribution in [0.4, 0.5) is 5.82 Å². The fraction of sp³-hybridized carbons (Fsp3) is 0.188. The molecule has 22 heavy (non-hydrogen) atoms. The molecule has 0 saturated carbocycles. The van der Waals surface area contributed by atoms with Crippen molar-refractivity contribution in [3.63, 3.8) is 0 Å². The average Bonchev–Trinajstić information content (AvgIpc) is 2.85. The van der Waals surface area contributed by atoms with Crippen LogP contribution in [0.15, 0.2) is 36.7 Å². The Morgan fingerprint density at radius 3 is 2.59 bits per heavy atom. The van der Waals surface area contributed by atoms with Gasteiger partial charge >= 0.3 is 0 Å². The first kappa shape index (κ1) is 14.1. The molecule has 2 heterocycles. The maximum atomic E-state index is 5.75. The van der Waals surface area contributed by atoms with Crippen molar-refractivity contribution < 1.29 is 4.74 Å². The number of anilines is 1. The molecule has 0 aliphatic rings. The zero-order valence-electron chi connectivity index (χ0n) is 12.7. The number of nitrogen functional groups attached to an aromatic ring is 1. The van der Waals surface area contributed by atoms with Crippen LogP contribution < -0.4 is 10.5 Å². The normalized spacial score (nSPS) is 10.7. The lowest BCUT2D eigenvalue weighted by Gasteiger charge is -2.13. The van der Waals surface area contributed by atoms with E-state index in [1.165, 1.54) is 6.20 Å². The molecule has 3 aromatic rings. The minimum absolute atomic E-state index is 0.382. The van der Waals surface area contributed by atoms with E-state index in [1.54, 1.807) is 13.3 Å². The molecular weight excluding hydrogens is 278 g/mol. The van der Waals surface area contributed by atoms with Crippen LogP contribution in [-0.4, -0.2) is 26.9 Å². The predicted octanol–water partition coefficient (Wildman–Crippen LogP) is 2.54. The zero-order valence-corrected chi connectivity index (χ0v) is 12.7. The minimum atomic E-state index is 0.382. The Balaban J connectivity index is 2.24. The third-order valence-corrected chi connectivity index (χ3v) is 3.37. The van der Waals surface area contributed by atoms with Gasteiger partial charge in [0.05, 0.1) is 36.6 Å². The molecule has 6 nitrogen and oxygen atoms in total. The van der Waals surface area contributed by atoms with Crippen LogP contribution in [0, 0.1) is 13.8 Å². The number of methoxy groups -OCH3 is 1. The molecule has 0 radical (unpaired) electrons. The van der Waals surface area contributed by atoms with Crippen molar-refractivity contribution in [1.82, 2.24) is 19.7 Å². The van der Waals surface area contributed by atoms with Crippen LogP contribution in [0.2, 0.25) is 0 Å². The quantitative estimate of drug-likeness (QED) is 0.803. The number of nitrogens with two attached hydrogens (primary N) is 1. The number of rotatable bonds is 3. The fourth-order valence-electron chi connectivity index (χ4n) is 2.41. The smallest absolute Gasteiger partial charge is 0.142 e. The molecule has 2 aromatic heterocycles. The van der Waals surface area contributed by atoms with Crippen LogP contribution in [0.3, 0.4) is 0 Å². The Kier molecular flexibility index (Phi) is 3.50. The van der Waals surface area contributed by atoms with Gasteiger partial charge in [0, 0.05) is 17.3 Å².